The topological polar surface area (TPSA) is 60.4 Å². The first-order valence-electron chi connectivity index (χ1n) is 6.61. The maximum atomic E-state index is 13.7. The average molecular weight is 318 g/mol. The standard InChI is InChI=1S/C14H16F2O4S/c1-21(18,19)11-4-2-3-10(7-11)20-14-12(15)5-9(8-17)6-13(14)16/h5-6,8,10-11H,2-4,7H2,1H3. The number of carbonyl (C=O) groups excluding carboxylic acids is 1. The number of sulfone groups is 1. The quantitative estimate of drug-likeness (QED) is 0.800. The van der Waals surface area contributed by atoms with Crippen molar-refractivity contribution in [3.63, 3.8) is 0 Å². The van der Waals surface area contributed by atoms with E-state index >= 15 is 0 Å². The molecule has 4 nitrogen and oxygen atoms in total. The summed E-state index contributed by atoms with van der Waals surface area (Å²) in [7, 11) is -3.20. The first-order valence-corrected chi connectivity index (χ1v) is 8.56. The van der Waals surface area contributed by atoms with Crippen LogP contribution in [0.2, 0.25) is 0 Å². The Morgan fingerprint density at radius 2 is 1.86 bits per heavy atom. The van der Waals surface area contributed by atoms with Gasteiger partial charge in [-0.15, -0.1) is 0 Å². The van der Waals surface area contributed by atoms with Crippen LogP contribution in [0.5, 0.6) is 5.75 Å². The molecule has 2 rings (SSSR count). The summed E-state index contributed by atoms with van der Waals surface area (Å²) in [5.41, 5.74) is -0.116. The van der Waals surface area contributed by atoms with Crippen LogP contribution in [0, 0.1) is 11.6 Å². The fourth-order valence-electron chi connectivity index (χ4n) is 2.52. The monoisotopic (exact) mass is 318 g/mol. The highest BCUT2D eigenvalue weighted by Crippen LogP contribution is 2.30. The highest BCUT2D eigenvalue weighted by atomic mass is 32.2. The van der Waals surface area contributed by atoms with Gasteiger partial charge in [-0.3, -0.25) is 4.79 Å². The number of halogens is 2. The van der Waals surface area contributed by atoms with Gasteiger partial charge in [0.05, 0.1) is 5.25 Å². The second kappa shape index (κ2) is 6.09. The van der Waals surface area contributed by atoms with Crippen molar-refractivity contribution in [2.75, 3.05) is 6.26 Å². The molecule has 0 heterocycles. The van der Waals surface area contributed by atoms with E-state index in [4.69, 9.17) is 4.74 Å². The van der Waals surface area contributed by atoms with E-state index in [1.807, 2.05) is 0 Å². The zero-order chi connectivity index (χ0) is 15.6. The number of carbonyl (C=O) groups is 1. The zero-order valence-electron chi connectivity index (χ0n) is 11.5. The third-order valence-electron chi connectivity index (χ3n) is 3.62. The van der Waals surface area contributed by atoms with Crippen LogP contribution in [0.25, 0.3) is 0 Å². The normalized spacial score (nSPS) is 22.8. The van der Waals surface area contributed by atoms with Gasteiger partial charge in [-0.05, 0) is 31.4 Å². The van der Waals surface area contributed by atoms with Crippen molar-refractivity contribution in [3.8, 4) is 5.75 Å². The minimum Gasteiger partial charge on any atom is -0.484 e. The number of ether oxygens (including phenoxy) is 1. The Hall–Kier alpha value is -1.50. The molecule has 2 unspecified atom stereocenters. The number of aldehydes is 1. The molecule has 1 aliphatic carbocycles. The van der Waals surface area contributed by atoms with Crippen LogP contribution in [0.3, 0.4) is 0 Å². The van der Waals surface area contributed by atoms with E-state index in [0.717, 1.165) is 18.4 Å². The molecule has 1 aliphatic rings. The molecule has 0 amide bonds. The summed E-state index contributed by atoms with van der Waals surface area (Å²) in [5, 5.41) is -0.545. The molecule has 1 aromatic rings. The number of benzene rings is 1. The van der Waals surface area contributed by atoms with Crippen LogP contribution >= 0.6 is 0 Å². The summed E-state index contributed by atoms with van der Waals surface area (Å²) >= 11 is 0. The Morgan fingerprint density at radius 1 is 1.24 bits per heavy atom. The van der Waals surface area contributed by atoms with E-state index in [9.17, 15) is 22.0 Å². The molecule has 0 aliphatic heterocycles. The van der Waals surface area contributed by atoms with Gasteiger partial charge in [0, 0.05) is 18.2 Å². The number of rotatable bonds is 4. The van der Waals surface area contributed by atoms with E-state index in [2.05, 4.69) is 0 Å². The second-order valence-corrected chi connectivity index (χ2v) is 7.62. The Bertz CT molecular complexity index is 619. The molecule has 0 N–H and O–H groups in total. The molecule has 0 bridgehead atoms. The lowest BCUT2D eigenvalue weighted by Crippen LogP contribution is -2.33. The van der Waals surface area contributed by atoms with Gasteiger partial charge in [-0.25, -0.2) is 17.2 Å². The van der Waals surface area contributed by atoms with Crippen LogP contribution in [0.15, 0.2) is 12.1 Å². The van der Waals surface area contributed by atoms with Crippen molar-refractivity contribution in [2.45, 2.75) is 37.0 Å². The van der Waals surface area contributed by atoms with Crippen molar-refractivity contribution in [2.24, 2.45) is 0 Å². The van der Waals surface area contributed by atoms with Gasteiger partial charge in [0.15, 0.2) is 17.4 Å². The molecule has 1 fully saturated rings. The maximum Gasteiger partial charge on any atom is 0.191 e. The highest BCUT2D eigenvalue weighted by molar-refractivity contribution is 7.91. The number of hydrogen-bond donors (Lipinski definition) is 0. The first-order chi connectivity index (χ1) is 9.81. The lowest BCUT2D eigenvalue weighted by molar-refractivity contribution is 0.112. The van der Waals surface area contributed by atoms with Crippen molar-refractivity contribution < 1.29 is 26.7 Å². The molecule has 0 radical (unpaired) electrons. The van der Waals surface area contributed by atoms with Crippen molar-refractivity contribution in [3.05, 3.63) is 29.3 Å². The van der Waals surface area contributed by atoms with Gasteiger partial charge in [0.25, 0.3) is 0 Å². The van der Waals surface area contributed by atoms with Crippen LogP contribution < -0.4 is 4.74 Å². The third-order valence-corrected chi connectivity index (χ3v) is 5.26. The average Bonchev–Trinajstić information content (AvgIpc) is 2.42. The molecular formula is C14H16F2O4S. The van der Waals surface area contributed by atoms with Crippen LogP contribution in [-0.4, -0.2) is 32.3 Å². The van der Waals surface area contributed by atoms with Crippen molar-refractivity contribution in [1.82, 2.24) is 0 Å². The SMILES string of the molecule is CS(=O)(=O)C1CCCC(Oc2c(F)cc(C=O)cc2F)C1. The summed E-state index contributed by atoms with van der Waals surface area (Å²) in [6.07, 6.45) is 2.86. The molecule has 1 saturated carbocycles. The fourth-order valence-corrected chi connectivity index (χ4v) is 3.68. The maximum absolute atomic E-state index is 13.7. The second-order valence-electron chi connectivity index (χ2n) is 5.29. The largest absolute Gasteiger partial charge is 0.484 e. The Balaban J connectivity index is 2.17. The zero-order valence-corrected chi connectivity index (χ0v) is 12.3. The van der Waals surface area contributed by atoms with E-state index < -0.39 is 38.6 Å². The summed E-state index contributed by atoms with van der Waals surface area (Å²) in [6, 6.07) is 1.78. The molecule has 0 spiro atoms. The predicted molar refractivity (Wildman–Crippen MR) is 73.3 cm³/mol. The molecule has 1 aromatic carbocycles. The van der Waals surface area contributed by atoms with Gasteiger partial charge in [-0.2, -0.15) is 0 Å². The Labute approximate surface area is 122 Å². The summed E-state index contributed by atoms with van der Waals surface area (Å²) < 4.78 is 55.9. The predicted octanol–water partition coefficient (Wildman–Crippen LogP) is 2.51. The van der Waals surface area contributed by atoms with Gasteiger partial charge < -0.3 is 4.74 Å². The molecule has 7 heteroatoms. The van der Waals surface area contributed by atoms with Crippen molar-refractivity contribution in [1.29, 1.82) is 0 Å². The summed E-state index contributed by atoms with van der Waals surface area (Å²) in [5.74, 6) is -2.48. The van der Waals surface area contributed by atoms with Crippen LogP contribution in [0.1, 0.15) is 36.0 Å². The molecule has 0 saturated heterocycles. The minimum absolute atomic E-state index is 0.116. The Kier molecular flexibility index (Phi) is 4.61. The third kappa shape index (κ3) is 3.78. The van der Waals surface area contributed by atoms with Crippen LogP contribution in [0.4, 0.5) is 8.78 Å². The van der Waals surface area contributed by atoms with Crippen molar-refractivity contribution >= 4 is 16.1 Å². The van der Waals surface area contributed by atoms with Gasteiger partial charge in [0.1, 0.15) is 22.2 Å². The molecule has 0 aromatic heterocycles. The minimum atomic E-state index is -3.20. The summed E-state index contributed by atoms with van der Waals surface area (Å²) in [6.45, 7) is 0. The molecule has 21 heavy (non-hydrogen) atoms. The fraction of sp³-hybridized carbons (Fsp3) is 0.500. The van der Waals surface area contributed by atoms with Gasteiger partial charge >= 0.3 is 0 Å². The lowest BCUT2D eigenvalue weighted by Gasteiger charge is -2.28. The van der Waals surface area contributed by atoms with E-state index in [1.165, 1.54) is 0 Å². The molecular weight excluding hydrogens is 302 g/mol. The van der Waals surface area contributed by atoms with Gasteiger partial charge in [0.2, 0.25) is 0 Å². The van der Waals surface area contributed by atoms with E-state index in [-0.39, 0.29) is 12.0 Å². The summed E-state index contributed by atoms with van der Waals surface area (Å²) in [4.78, 5) is 10.5. The smallest absolute Gasteiger partial charge is 0.191 e. The molecule has 2 atom stereocenters. The highest BCUT2D eigenvalue weighted by Gasteiger charge is 2.31. The lowest BCUT2D eigenvalue weighted by atomic mass is 9.97. The van der Waals surface area contributed by atoms with Gasteiger partial charge in [-0.1, -0.05) is 0 Å². The molecule has 116 valence electrons. The number of hydrogen-bond acceptors (Lipinski definition) is 4. The van der Waals surface area contributed by atoms with E-state index in [0.29, 0.717) is 25.5 Å². The Morgan fingerprint density at radius 3 is 2.38 bits per heavy atom. The first kappa shape index (κ1) is 15.9. The van der Waals surface area contributed by atoms with Crippen LogP contribution in [-0.2, 0) is 9.84 Å². The van der Waals surface area contributed by atoms with E-state index in [1.54, 1.807) is 0 Å².